The molecule has 2 atom stereocenters. The highest BCUT2D eigenvalue weighted by atomic mass is 32.2. The zero-order chi connectivity index (χ0) is 26.1. The lowest BCUT2D eigenvalue weighted by atomic mass is 9.95. The number of sulfonamides is 1. The minimum atomic E-state index is -4.82. The Morgan fingerprint density at radius 2 is 1.92 bits per heavy atom. The summed E-state index contributed by atoms with van der Waals surface area (Å²) >= 11 is 1.14. The van der Waals surface area contributed by atoms with Crippen molar-refractivity contribution < 1.29 is 31.4 Å². The first kappa shape index (κ1) is 26.6. The molecular weight excluding hydrogens is 517 g/mol. The molecule has 1 aliphatic rings. The standard InChI is InChI=1S/C23H27F3N4O4S2/c1-22(31,23(24,25)26)17-5-7-19(8-6-17)30-10-9-29(36(32,33)21-4-3-11-35-21)13-20(30)15-34-14-18-12-28(2)16-27-18/h3-8,11-12,16,20,31H,9-10,13-15H2,1-2H3/t20-,22?/m1/s1. The van der Waals surface area contributed by atoms with Crippen molar-refractivity contribution in [1.29, 1.82) is 0 Å². The molecule has 196 valence electrons. The summed E-state index contributed by atoms with van der Waals surface area (Å²) in [6.07, 6.45) is -1.35. The van der Waals surface area contributed by atoms with Crippen LogP contribution in [0.4, 0.5) is 18.9 Å². The predicted octanol–water partition coefficient (Wildman–Crippen LogP) is 3.35. The van der Waals surface area contributed by atoms with Gasteiger partial charge in [0, 0.05) is 38.6 Å². The Kier molecular flexibility index (Phi) is 7.49. The molecule has 0 saturated carbocycles. The van der Waals surface area contributed by atoms with Crippen molar-refractivity contribution >= 4 is 27.0 Å². The second-order valence-electron chi connectivity index (χ2n) is 8.80. The topological polar surface area (TPSA) is 87.9 Å². The van der Waals surface area contributed by atoms with Gasteiger partial charge in [-0.15, -0.1) is 11.3 Å². The first-order valence-corrected chi connectivity index (χ1v) is 13.5. The molecule has 0 bridgehead atoms. The zero-order valence-electron chi connectivity index (χ0n) is 19.7. The highest BCUT2D eigenvalue weighted by Crippen LogP contribution is 2.39. The maximum Gasteiger partial charge on any atom is 0.421 e. The number of hydrogen-bond acceptors (Lipinski definition) is 7. The number of piperazine rings is 1. The third-order valence-electron chi connectivity index (χ3n) is 6.17. The van der Waals surface area contributed by atoms with Gasteiger partial charge in [-0.05, 0) is 36.1 Å². The van der Waals surface area contributed by atoms with Gasteiger partial charge in [0.05, 0.1) is 31.3 Å². The molecule has 8 nitrogen and oxygen atoms in total. The second kappa shape index (κ2) is 10.1. The molecule has 13 heteroatoms. The van der Waals surface area contributed by atoms with Crippen LogP contribution in [0.25, 0.3) is 0 Å². The third kappa shape index (κ3) is 5.44. The fourth-order valence-corrected chi connectivity index (χ4v) is 6.66. The lowest BCUT2D eigenvalue weighted by Crippen LogP contribution is -2.56. The van der Waals surface area contributed by atoms with Crippen molar-refractivity contribution in [3.8, 4) is 0 Å². The lowest BCUT2D eigenvalue weighted by Gasteiger charge is -2.42. The number of benzene rings is 1. The Morgan fingerprint density at radius 1 is 1.19 bits per heavy atom. The van der Waals surface area contributed by atoms with Crippen molar-refractivity contribution in [3.05, 3.63) is 65.6 Å². The van der Waals surface area contributed by atoms with E-state index in [4.69, 9.17) is 4.74 Å². The highest BCUT2D eigenvalue weighted by molar-refractivity contribution is 7.91. The predicted molar refractivity (Wildman–Crippen MR) is 129 cm³/mol. The Balaban J connectivity index is 1.55. The molecule has 0 radical (unpaired) electrons. The SMILES string of the molecule is Cn1cnc(COC[C@H]2CN(S(=O)(=O)c3cccs3)CCN2c2ccc(C(C)(O)C(F)(F)F)cc2)c1. The van der Waals surface area contributed by atoms with Crippen LogP contribution in [0.5, 0.6) is 0 Å². The Bertz CT molecular complexity index is 1260. The van der Waals surface area contributed by atoms with E-state index in [1.54, 1.807) is 28.4 Å². The summed E-state index contributed by atoms with van der Waals surface area (Å²) in [6, 6.07) is 8.33. The van der Waals surface area contributed by atoms with Gasteiger partial charge in [-0.25, -0.2) is 13.4 Å². The van der Waals surface area contributed by atoms with Crippen LogP contribution in [0.2, 0.25) is 0 Å². The molecule has 0 spiro atoms. The van der Waals surface area contributed by atoms with Gasteiger partial charge in [-0.2, -0.15) is 17.5 Å². The van der Waals surface area contributed by atoms with Gasteiger partial charge < -0.3 is 19.3 Å². The summed E-state index contributed by atoms with van der Waals surface area (Å²) in [4.78, 5) is 6.14. The number of ether oxygens (including phenoxy) is 1. The molecule has 1 fully saturated rings. The largest absolute Gasteiger partial charge is 0.421 e. The smallest absolute Gasteiger partial charge is 0.376 e. The van der Waals surface area contributed by atoms with E-state index in [2.05, 4.69) is 4.98 Å². The highest BCUT2D eigenvalue weighted by Gasteiger charge is 2.51. The first-order chi connectivity index (χ1) is 16.9. The zero-order valence-corrected chi connectivity index (χ0v) is 21.4. The summed E-state index contributed by atoms with van der Waals surface area (Å²) in [7, 11) is -1.84. The van der Waals surface area contributed by atoms with Gasteiger partial charge in [0.1, 0.15) is 4.21 Å². The molecule has 36 heavy (non-hydrogen) atoms. The average molecular weight is 545 g/mol. The summed E-state index contributed by atoms with van der Waals surface area (Å²) < 4.78 is 75.3. The number of aryl methyl sites for hydroxylation is 1. The van der Waals surface area contributed by atoms with Crippen LogP contribution < -0.4 is 4.90 Å². The average Bonchev–Trinajstić information content (AvgIpc) is 3.51. The van der Waals surface area contributed by atoms with Crippen LogP contribution in [-0.2, 0) is 34.0 Å². The molecule has 1 saturated heterocycles. The van der Waals surface area contributed by atoms with Crippen molar-refractivity contribution in [3.63, 3.8) is 0 Å². The first-order valence-electron chi connectivity index (χ1n) is 11.1. The van der Waals surface area contributed by atoms with E-state index in [0.717, 1.165) is 17.0 Å². The number of aliphatic hydroxyl groups is 1. The number of rotatable bonds is 8. The summed E-state index contributed by atoms with van der Waals surface area (Å²) in [6.45, 7) is 1.79. The Labute approximate surface area is 211 Å². The van der Waals surface area contributed by atoms with Gasteiger partial charge in [-0.1, -0.05) is 18.2 Å². The molecule has 1 N–H and O–H groups in total. The van der Waals surface area contributed by atoms with Crippen LogP contribution >= 0.6 is 11.3 Å². The number of anilines is 1. The van der Waals surface area contributed by atoms with Gasteiger partial charge in [0.25, 0.3) is 10.0 Å². The van der Waals surface area contributed by atoms with Crippen LogP contribution in [0.15, 0.2) is 58.5 Å². The van der Waals surface area contributed by atoms with Crippen LogP contribution in [-0.4, -0.2) is 65.8 Å². The lowest BCUT2D eigenvalue weighted by molar-refractivity contribution is -0.258. The van der Waals surface area contributed by atoms with Gasteiger partial charge in [-0.3, -0.25) is 0 Å². The quantitative estimate of drug-likeness (QED) is 0.468. The molecule has 2 aromatic heterocycles. The molecule has 0 amide bonds. The van der Waals surface area contributed by atoms with Gasteiger partial charge in [0.2, 0.25) is 0 Å². The molecule has 4 rings (SSSR count). The Hall–Kier alpha value is -2.45. The van der Waals surface area contributed by atoms with E-state index in [0.29, 0.717) is 19.2 Å². The van der Waals surface area contributed by atoms with E-state index < -0.39 is 27.8 Å². The Morgan fingerprint density at radius 3 is 2.50 bits per heavy atom. The number of aromatic nitrogens is 2. The van der Waals surface area contributed by atoms with Gasteiger partial charge in [0.15, 0.2) is 5.60 Å². The van der Waals surface area contributed by atoms with Crippen molar-refractivity contribution in [2.45, 2.75) is 35.6 Å². The maximum absolute atomic E-state index is 13.2. The van der Waals surface area contributed by atoms with E-state index >= 15 is 0 Å². The number of alkyl halides is 3. The van der Waals surface area contributed by atoms with Crippen LogP contribution in [0, 0.1) is 0 Å². The van der Waals surface area contributed by atoms with Gasteiger partial charge >= 0.3 is 6.18 Å². The van der Waals surface area contributed by atoms with E-state index in [9.17, 15) is 26.7 Å². The summed E-state index contributed by atoms with van der Waals surface area (Å²) in [5.41, 5.74) is -1.93. The molecule has 1 unspecified atom stereocenters. The molecule has 0 aliphatic carbocycles. The number of imidazole rings is 1. The fourth-order valence-electron chi connectivity index (χ4n) is 4.05. The number of nitrogens with zero attached hydrogens (tertiary/aromatic N) is 4. The van der Waals surface area contributed by atoms with E-state index in [-0.39, 0.29) is 36.1 Å². The minimum absolute atomic E-state index is 0.143. The normalized spacial score (nSPS) is 19.4. The van der Waals surface area contributed by atoms with Crippen molar-refractivity contribution in [2.75, 3.05) is 31.1 Å². The van der Waals surface area contributed by atoms with E-state index in [1.807, 2.05) is 18.1 Å². The minimum Gasteiger partial charge on any atom is -0.376 e. The maximum atomic E-state index is 13.2. The van der Waals surface area contributed by atoms with Crippen molar-refractivity contribution in [1.82, 2.24) is 13.9 Å². The van der Waals surface area contributed by atoms with Crippen LogP contribution in [0.3, 0.4) is 0 Å². The molecule has 1 aromatic carbocycles. The fraction of sp³-hybridized carbons (Fsp3) is 0.435. The molecular formula is C23H27F3N4O4S2. The third-order valence-corrected chi connectivity index (χ3v) is 9.40. The monoisotopic (exact) mass is 544 g/mol. The summed E-state index contributed by atoms with van der Waals surface area (Å²) in [5.74, 6) is 0. The molecule has 3 aromatic rings. The number of hydrogen-bond donors (Lipinski definition) is 1. The summed E-state index contributed by atoms with van der Waals surface area (Å²) in [5, 5.41) is 11.7. The second-order valence-corrected chi connectivity index (χ2v) is 11.9. The van der Waals surface area contributed by atoms with Crippen molar-refractivity contribution in [2.24, 2.45) is 7.05 Å². The molecule has 3 heterocycles. The van der Waals surface area contributed by atoms with Crippen LogP contribution in [0.1, 0.15) is 18.2 Å². The number of thiophene rings is 1. The molecule has 1 aliphatic heterocycles. The number of halogens is 3. The van der Waals surface area contributed by atoms with E-state index in [1.165, 1.54) is 28.6 Å².